The zero-order chi connectivity index (χ0) is 24.0. The minimum absolute atomic E-state index is 0.0230. The molecule has 1 N–H and O–H groups in total. The van der Waals surface area contributed by atoms with Crippen LogP contribution in [-0.2, 0) is 0 Å². The third-order valence-corrected chi connectivity index (χ3v) is 6.79. The zero-order valence-corrected chi connectivity index (χ0v) is 19.1. The standard InChI is InChI=1S/C25H23ClFN3O4/c26-19-12-17-22(30(16-6-7-16)13-18(24(17)32)25(33)34)21(27)23(19)29-10-8-28(9-11-29)14-20(31)15-4-2-1-3-5-15/h1-5,12-13,16H,6-11,14H2,(H,33,34). The van der Waals surface area contributed by atoms with Crippen molar-refractivity contribution in [3.63, 3.8) is 0 Å². The molecule has 1 aliphatic heterocycles. The summed E-state index contributed by atoms with van der Waals surface area (Å²) in [5, 5.41) is 9.48. The number of halogens is 2. The highest BCUT2D eigenvalue weighted by Crippen LogP contribution is 2.41. The van der Waals surface area contributed by atoms with E-state index in [9.17, 15) is 19.5 Å². The average molecular weight is 484 g/mol. The molecule has 2 heterocycles. The third kappa shape index (κ3) is 4.08. The van der Waals surface area contributed by atoms with Gasteiger partial charge in [0.1, 0.15) is 5.56 Å². The number of aromatic carboxylic acids is 1. The Hall–Kier alpha value is -3.23. The fraction of sp³-hybridized carbons (Fsp3) is 0.320. The number of pyridine rings is 1. The van der Waals surface area contributed by atoms with Crippen LogP contribution >= 0.6 is 11.6 Å². The maximum atomic E-state index is 15.9. The lowest BCUT2D eigenvalue weighted by atomic mass is 10.1. The van der Waals surface area contributed by atoms with Gasteiger partial charge in [-0.2, -0.15) is 0 Å². The van der Waals surface area contributed by atoms with E-state index >= 15 is 4.39 Å². The molecule has 1 saturated carbocycles. The van der Waals surface area contributed by atoms with Crippen LogP contribution in [0.1, 0.15) is 39.6 Å². The monoisotopic (exact) mass is 483 g/mol. The molecule has 1 saturated heterocycles. The van der Waals surface area contributed by atoms with Gasteiger partial charge in [-0.3, -0.25) is 14.5 Å². The molecule has 0 spiro atoms. The van der Waals surface area contributed by atoms with Crippen LogP contribution in [0.5, 0.6) is 0 Å². The molecular weight excluding hydrogens is 461 g/mol. The van der Waals surface area contributed by atoms with Crippen molar-refractivity contribution in [1.29, 1.82) is 0 Å². The van der Waals surface area contributed by atoms with Gasteiger partial charge in [0, 0.05) is 44.0 Å². The smallest absolute Gasteiger partial charge is 0.341 e. The molecule has 7 nitrogen and oxygen atoms in total. The SMILES string of the molecule is O=C(CN1CCN(c2c(Cl)cc3c(=O)c(C(=O)O)cn(C4CC4)c3c2F)CC1)c1ccccc1. The van der Waals surface area contributed by atoms with Crippen molar-refractivity contribution < 1.29 is 19.1 Å². The van der Waals surface area contributed by atoms with Crippen LogP contribution in [0, 0.1) is 5.82 Å². The van der Waals surface area contributed by atoms with Gasteiger partial charge in [0.25, 0.3) is 0 Å². The first-order valence-corrected chi connectivity index (χ1v) is 11.6. The molecule has 0 radical (unpaired) electrons. The van der Waals surface area contributed by atoms with E-state index in [0.717, 1.165) is 12.8 Å². The summed E-state index contributed by atoms with van der Waals surface area (Å²) in [5.74, 6) is -1.92. The highest BCUT2D eigenvalue weighted by atomic mass is 35.5. The van der Waals surface area contributed by atoms with Crippen LogP contribution in [-0.4, -0.2) is 59.0 Å². The lowest BCUT2D eigenvalue weighted by Crippen LogP contribution is -2.48. The Kier molecular flexibility index (Phi) is 5.87. The summed E-state index contributed by atoms with van der Waals surface area (Å²) in [4.78, 5) is 40.7. The van der Waals surface area contributed by atoms with Gasteiger partial charge < -0.3 is 14.6 Å². The number of hydrogen-bond donors (Lipinski definition) is 1. The molecule has 0 atom stereocenters. The summed E-state index contributed by atoms with van der Waals surface area (Å²) in [6.45, 7) is 2.32. The number of carboxylic acid groups (broad SMARTS) is 1. The molecule has 1 aliphatic carbocycles. The average Bonchev–Trinajstić information content (AvgIpc) is 3.66. The Balaban J connectivity index is 1.43. The first-order valence-electron chi connectivity index (χ1n) is 11.2. The summed E-state index contributed by atoms with van der Waals surface area (Å²) in [6.07, 6.45) is 2.84. The molecule has 2 aromatic carbocycles. The molecule has 34 heavy (non-hydrogen) atoms. The van der Waals surface area contributed by atoms with Crippen molar-refractivity contribution in [2.45, 2.75) is 18.9 Å². The van der Waals surface area contributed by atoms with Crippen molar-refractivity contribution in [2.24, 2.45) is 0 Å². The highest BCUT2D eigenvalue weighted by molar-refractivity contribution is 6.34. The van der Waals surface area contributed by atoms with Crippen LogP contribution in [0.2, 0.25) is 5.02 Å². The maximum Gasteiger partial charge on any atom is 0.341 e. The Morgan fingerprint density at radius 1 is 1.09 bits per heavy atom. The quantitative estimate of drug-likeness (QED) is 0.536. The zero-order valence-electron chi connectivity index (χ0n) is 18.3. The van der Waals surface area contributed by atoms with Gasteiger partial charge in [0.2, 0.25) is 5.43 Å². The first-order chi connectivity index (χ1) is 16.3. The van der Waals surface area contributed by atoms with E-state index in [4.69, 9.17) is 11.6 Å². The second kappa shape index (κ2) is 8.85. The first kappa shape index (κ1) is 22.6. The summed E-state index contributed by atoms with van der Waals surface area (Å²) in [6, 6.07) is 10.4. The minimum Gasteiger partial charge on any atom is -0.477 e. The number of hydrogen-bond acceptors (Lipinski definition) is 5. The topological polar surface area (TPSA) is 82.8 Å². The molecule has 9 heteroatoms. The van der Waals surface area contributed by atoms with Crippen LogP contribution < -0.4 is 10.3 Å². The van der Waals surface area contributed by atoms with Crippen molar-refractivity contribution in [2.75, 3.05) is 37.6 Å². The molecule has 0 amide bonds. The Bertz CT molecular complexity index is 1350. The van der Waals surface area contributed by atoms with E-state index in [2.05, 4.69) is 0 Å². The molecule has 2 aliphatic rings. The number of rotatable bonds is 6. The van der Waals surface area contributed by atoms with Crippen LogP contribution in [0.3, 0.4) is 0 Å². The minimum atomic E-state index is -1.34. The predicted molar refractivity (Wildman–Crippen MR) is 128 cm³/mol. The number of anilines is 1. The molecule has 1 aromatic heterocycles. The number of ketones is 1. The van der Waals surface area contributed by atoms with Gasteiger partial charge in [0.15, 0.2) is 11.6 Å². The van der Waals surface area contributed by atoms with E-state index in [-0.39, 0.29) is 45.5 Å². The number of fused-ring (bicyclic) bond motifs is 1. The van der Waals surface area contributed by atoms with E-state index < -0.39 is 17.2 Å². The molecule has 0 bridgehead atoms. The highest BCUT2D eigenvalue weighted by Gasteiger charge is 2.31. The van der Waals surface area contributed by atoms with E-state index in [1.165, 1.54) is 12.3 Å². The van der Waals surface area contributed by atoms with E-state index in [1.54, 1.807) is 16.7 Å². The van der Waals surface area contributed by atoms with E-state index in [0.29, 0.717) is 31.7 Å². The van der Waals surface area contributed by atoms with Gasteiger partial charge in [-0.05, 0) is 18.9 Å². The number of Topliss-reactive ketones (excluding diaryl/α,β-unsaturated/α-hetero) is 1. The lowest BCUT2D eigenvalue weighted by Gasteiger charge is -2.36. The van der Waals surface area contributed by atoms with Gasteiger partial charge in [-0.25, -0.2) is 9.18 Å². The second-order valence-corrected chi connectivity index (χ2v) is 9.19. The second-order valence-electron chi connectivity index (χ2n) is 8.79. The van der Waals surface area contributed by atoms with Gasteiger partial charge in [0.05, 0.1) is 28.2 Å². The summed E-state index contributed by atoms with van der Waals surface area (Å²) in [5.41, 5.74) is -0.165. The van der Waals surface area contributed by atoms with Crippen LogP contribution in [0.15, 0.2) is 47.4 Å². The largest absolute Gasteiger partial charge is 0.477 e. The number of carbonyl (C=O) groups is 2. The molecule has 2 fully saturated rings. The molecule has 176 valence electrons. The predicted octanol–water partition coefficient (Wildman–Crippen LogP) is 3.83. The summed E-state index contributed by atoms with van der Waals surface area (Å²) >= 11 is 6.45. The molecule has 5 rings (SSSR count). The van der Waals surface area contributed by atoms with Crippen LogP contribution in [0.4, 0.5) is 10.1 Å². The fourth-order valence-corrected chi connectivity index (χ4v) is 4.87. The third-order valence-electron chi connectivity index (χ3n) is 6.51. The van der Waals surface area contributed by atoms with Crippen molar-refractivity contribution in [1.82, 2.24) is 9.47 Å². The van der Waals surface area contributed by atoms with Gasteiger partial charge in [-0.1, -0.05) is 41.9 Å². The van der Waals surface area contributed by atoms with E-state index in [1.807, 2.05) is 28.0 Å². The number of aromatic nitrogens is 1. The normalized spacial score (nSPS) is 16.7. The number of piperazine rings is 1. The number of carbonyl (C=O) groups excluding carboxylic acids is 1. The van der Waals surface area contributed by atoms with Gasteiger partial charge >= 0.3 is 5.97 Å². The number of nitrogens with zero attached hydrogens (tertiary/aromatic N) is 3. The van der Waals surface area contributed by atoms with Crippen molar-refractivity contribution >= 4 is 39.9 Å². The molecule has 3 aromatic rings. The van der Waals surface area contributed by atoms with Crippen LogP contribution in [0.25, 0.3) is 10.9 Å². The number of carboxylic acids is 1. The lowest BCUT2D eigenvalue weighted by molar-refractivity contribution is 0.0694. The van der Waals surface area contributed by atoms with Crippen molar-refractivity contribution in [3.05, 3.63) is 74.8 Å². The number of benzene rings is 2. The van der Waals surface area contributed by atoms with Gasteiger partial charge in [-0.15, -0.1) is 0 Å². The molecular formula is C25H23ClFN3O4. The fourth-order valence-electron chi connectivity index (χ4n) is 4.56. The summed E-state index contributed by atoms with van der Waals surface area (Å²) < 4.78 is 17.5. The Morgan fingerprint density at radius 2 is 1.76 bits per heavy atom. The van der Waals surface area contributed by atoms with Crippen molar-refractivity contribution in [3.8, 4) is 0 Å². The molecule has 0 unspecified atom stereocenters. The Morgan fingerprint density at radius 3 is 2.38 bits per heavy atom. The Labute approximate surface area is 200 Å². The maximum absolute atomic E-state index is 15.9. The summed E-state index contributed by atoms with van der Waals surface area (Å²) in [7, 11) is 0.